The maximum absolute atomic E-state index is 12.0. The minimum absolute atomic E-state index is 0.312. The van der Waals surface area contributed by atoms with Gasteiger partial charge in [0.1, 0.15) is 5.69 Å². The maximum atomic E-state index is 12.0. The average Bonchev–Trinajstić information content (AvgIpc) is 2.47. The van der Waals surface area contributed by atoms with E-state index in [1.807, 2.05) is 42.5 Å². The van der Waals surface area contributed by atoms with Crippen molar-refractivity contribution < 1.29 is 4.42 Å². The van der Waals surface area contributed by atoms with Gasteiger partial charge >= 0.3 is 5.63 Å². The third-order valence-corrected chi connectivity index (χ3v) is 3.33. The van der Waals surface area contributed by atoms with Gasteiger partial charge in [0.2, 0.25) is 0 Å². The summed E-state index contributed by atoms with van der Waals surface area (Å²) in [7, 11) is 0. The van der Waals surface area contributed by atoms with Crippen molar-refractivity contribution in [2.75, 3.05) is 10.9 Å². The number of hydrogen-bond acceptors (Lipinski definition) is 4. The molecule has 0 aliphatic carbocycles. The fourth-order valence-corrected chi connectivity index (χ4v) is 2.43. The van der Waals surface area contributed by atoms with Crippen molar-refractivity contribution >= 4 is 22.1 Å². The number of fused-ring (bicyclic) bond motifs is 5. The highest BCUT2D eigenvalue weighted by molar-refractivity contribution is 6.02. The number of para-hydroxylation sites is 1. The molecule has 0 saturated carbocycles. The van der Waals surface area contributed by atoms with Crippen LogP contribution in [0.1, 0.15) is 0 Å². The quantitative estimate of drug-likeness (QED) is 0.643. The summed E-state index contributed by atoms with van der Waals surface area (Å²) in [5.74, 6) is 0.582. The largest absolute Gasteiger partial charge is 0.420 e. The molecule has 0 bridgehead atoms. The molecule has 1 aliphatic rings. The molecular formula is C15H10N2O2. The van der Waals surface area contributed by atoms with Crippen LogP contribution in [0.2, 0.25) is 0 Å². The second kappa shape index (κ2) is 3.62. The fourth-order valence-electron chi connectivity index (χ4n) is 2.43. The molecule has 0 fully saturated rings. The predicted molar refractivity (Wildman–Crippen MR) is 75.2 cm³/mol. The molecule has 0 unspecified atom stereocenters. The Hall–Kier alpha value is -2.75. The predicted octanol–water partition coefficient (Wildman–Crippen LogP) is 3.21. The van der Waals surface area contributed by atoms with Gasteiger partial charge in [0.15, 0.2) is 5.76 Å². The Balaban J connectivity index is 2.16. The first kappa shape index (κ1) is 10.2. The van der Waals surface area contributed by atoms with Gasteiger partial charge in [-0.2, -0.15) is 0 Å². The Labute approximate surface area is 108 Å². The third kappa shape index (κ3) is 1.37. The summed E-state index contributed by atoms with van der Waals surface area (Å²) in [6.45, 7) is 0. The molecule has 0 atom stereocenters. The van der Waals surface area contributed by atoms with Crippen molar-refractivity contribution in [1.29, 1.82) is 0 Å². The van der Waals surface area contributed by atoms with Gasteiger partial charge in [-0.15, -0.1) is 0 Å². The van der Waals surface area contributed by atoms with Gasteiger partial charge in [-0.25, -0.2) is 4.79 Å². The summed E-state index contributed by atoms with van der Waals surface area (Å²) in [4.78, 5) is 12.0. The van der Waals surface area contributed by atoms with Crippen LogP contribution >= 0.6 is 0 Å². The maximum Gasteiger partial charge on any atom is 0.344 e. The highest BCUT2D eigenvalue weighted by Crippen LogP contribution is 2.39. The number of benzene rings is 2. The minimum atomic E-state index is -0.312. The van der Waals surface area contributed by atoms with E-state index in [4.69, 9.17) is 4.42 Å². The van der Waals surface area contributed by atoms with Crippen molar-refractivity contribution in [2.45, 2.75) is 0 Å². The molecule has 2 heterocycles. The molecule has 4 heteroatoms. The van der Waals surface area contributed by atoms with Crippen LogP contribution in [0.15, 0.2) is 57.7 Å². The van der Waals surface area contributed by atoms with Gasteiger partial charge in [0.05, 0.1) is 11.1 Å². The van der Waals surface area contributed by atoms with E-state index in [9.17, 15) is 4.79 Å². The van der Waals surface area contributed by atoms with Gasteiger partial charge in [0, 0.05) is 10.9 Å². The van der Waals surface area contributed by atoms with E-state index in [-0.39, 0.29) is 5.63 Å². The molecule has 4 nitrogen and oxygen atoms in total. The topological polar surface area (TPSA) is 54.3 Å². The second-order valence-electron chi connectivity index (χ2n) is 4.43. The highest BCUT2D eigenvalue weighted by atomic mass is 16.4. The molecule has 3 aromatic rings. The molecule has 0 spiro atoms. The molecule has 92 valence electrons. The standard InChI is InChI=1S/C15H10N2O2/c18-15-10-6-2-1-5-9(10)13-14(19-15)11-7-3-4-8-12(11)16-17-13/h1-8,16-17H. The Kier molecular flexibility index (Phi) is 1.94. The van der Waals surface area contributed by atoms with E-state index in [1.54, 1.807) is 6.07 Å². The normalized spacial score (nSPS) is 12.2. The van der Waals surface area contributed by atoms with Crippen LogP contribution in [-0.4, -0.2) is 0 Å². The number of anilines is 2. The lowest BCUT2D eigenvalue weighted by Crippen LogP contribution is -2.17. The van der Waals surface area contributed by atoms with Crippen LogP contribution in [0.25, 0.3) is 22.1 Å². The van der Waals surface area contributed by atoms with Crippen molar-refractivity contribution in [3.05, 3.63) is 59.0 Å². The van der Waals surface area contributed by atoms with Crippen LogP contribution < -0.4 is 16.5 Å². The lowest BCUT2D eigenvalue weighted by molar-refractivity contribution is 0.535. The number of nitrogens with one attached hydrogen (secondary N) is 2. The van der Waals surface area contributed by atoms with E-state index in [2.05, 4.69) is 10.9 Å². The summed E-state index contributed by atoms with van der Waals surface area (Å²) in [6.07, 6.45) is 0. The van der Waals surface area contributed by atoms with E-state index in [0.717, 1.165) is 22.3 Å². The SMILES string of the molecule is O=c1oc2c(c3ccccc13)NNc1ccccc1-2. The minimum Gasteiger partial charge on any atom is -0.420 e. The molecule has 0 amide bonds. The molecule has 4 rings (SSSR count). The van der Waals surface area contributed by atoms with Gasteiger partial charge in [-0.05, 0) is 18.2 Å². The third-order valence-electron chi connectivity index (χ3n) is 3.33. The first-order valence-electron chi connectivity index (χ1n) is 6.02. The second-order valence-corrected chi connectivity index (χ2v) is 4.43. The summed E-state index contributed by atoms with van der Waals surface area (Å²) >= 11 is 0. The highest BCUT2D eigenvalue weighted by Gasteiger charge is 2.21. The molecule has 2 aromatic carbocycles. The summed E-state index contributed by atoms with van der Waals surface area (Å²) in [5.41, 5.74) is 8.50. The Morgan fingerprint density at radius 3 is 2.47 bits per heavy atom. The van der Waals surface area contributed by atoms with Crippen molar-refractivity contribution in [2.24, 2.45) is 0 Å². The van der Waals surface area contributed by atoms with E-state index in [1.165, 1.54) is 0 Å². The van der Waals surface area contributed by atoms with Crippen molar-refractivity contribution in [1.82, 2.24) is 0 Å². The molecular weight excluding hydrogens is 240 g/mol. The van der Waals surface area contributed by atoms with Gasteiger partial charge in [-0.3, -0.25) is 5.43 Å². The van der Waals surface area contributed by atoms with E-state index >= 15 is 0 Å². The lowest BCUT2D eigenvalue weighted by atomic mass is 10.0. The zero-order valence-corrected chi connectivity index (χ0v) is 9.94. The first-order valence-corrected chi connectivity index (χ1v) is 6.02. The number of hydrazine groups is 1. The van der Waals surface area contributed by atoms with Gasteiger partial charge < -0.3 is 9.84 Å². The molecule has 0 radical (unpaired) electrons. The zero-order valence-electron chi connectivity index (χ0n) is 9.94. The first-order chi connectivity index (χ1) is 9.34. The van der Waals surface area contributed by atoms with Gasteiger partial charge in [0.25, 0.3) is 0 Å². The number of hydrogen-bond donors (Lipinski definition) is 2. The lowest BCUT2D eigenvalue weighted by Gasteiger charge is -2.22. The molecule has 1 aromatic heterocycles. The summed E-state index contributed by atoms with van der Waals surface area (Å²) in [5, 5.41) is 1.44. The summed E-state index contributed by atoms with van der Waals surface area (Å²) < 4.78 is 5.48. The van der Waals surface area contributed by atoms with E-state index in [0.29, 0.717) is 11.1 Å². The van der Waals surface area contributed by atoms with Crippen LogP contribution in [0.5, 0.6) is 0 Å². The van der Waals surface area contributed by atoms with E-state index < -0.39 is 0 Å². The van der Waals surface area contributed by atoms with Crippen LogP contribution in [0.3, 0.4) is 0 Å². The van der Waals surface area contributed by atoms with Crippen molar-refractivity contribution in [3.63, 3.8) is 0 Å². The fraction of sp³-hybridized carbons (Fsp3) is 0. The zero-order chi connectivity index (χ0) is 12.8. The summed E-state index contributed by atoms with van der Waals surface area (Å²) in [6, 6.07) is 15.1. The Morgan fingerprint density at radius 1 is 0.842 bits per heavy atom. The van der Waals surface area contributed by atoms with Gasteiger partial charge in [-0.1, -0.05) is 30.3 Å². The average molecular weight is 250 g/mol. The van der Waals surface area contributed by atoms with Crippen LogP contribution in [0, 0.1) is 0 Å². The monoisotopic (exact) mass is 250 g/mol. The Bertz CT molecular complexity index is 852. The molecule has 2 N–H and O–H groups in total. The van der Waals surface area contributed by atoms with Crippen molar-refractivity contribution in [3.8, 4) is 11.3 Å². The smallest absolute Gasteiger partial charge is 0.344 e. The Morgan fingerprint density at radius 2 is 1.58 bits per heavy atom. The van der Waals surface area contributed by atoms with Crippen LogP contribution in [0.4, 0.5) is 11.4 Å². The molecule has 0 saturated heterocycles. The number of rotatable bonds is 0. The molecule has 19 heavy (non-hydrogen) atoms. The molecule has 1 aliphatic heterocycles. The van der Waals surface area contributed by atoms with Crippen LogP contribution in [-0.2, 0) is 0 Å².